The lowest BCUT2D eigenvalue weighted by molar-refractivity contribution is -0.120. The second-order valence-corrected chi connectivity index (χ2v) is 4.42. The molecule has 0 aliphatic heterocycles. The molecule has 0 fully saturated rings. The smallest absolute Gasteiger partial charge is 0.234 e. The van der Waals surface area contributed by atoms with Gasteiger partial charge in [-0.05, 0) is 17.5 Å². The van der Waals surface area contributed by atoms with E-state index in [4.69, 9.17) is 17.3 Å². The van der Waals surface area contributed by atoms with Crippen molar-refractivity contribution < 1.29 is 4.79 Å². The summed E-state index contributed by atoms with van der Waals surface area (Å²) in [7, 11) is 0. The summed E-state index contributed by atoms with van der Waals surface area (Å²) in [5, 5.41) is 3.54. The Morgan fingerprint density at radius 2 is 2.00 bits per heavy atom. The zero-order chi connectivity index (χ0) is 12.1. The van der Waals surface area contributed by atoms with Crippen LogP contribution in [0.4, 0.5) is 0 Å². The molecule has 1 aromatic rings. The molecule has 0 saturated heterocycles. The van der Waals surface area contributed by atoms with E-state index in [9.17, 15) is 4.79 Å². The van der Waals surface area contributed by atoms with Crippen molar-refractivity contribution in [3.05, 3.63) is 34.9 Å². The van der Waals surface area contributed by atoms with Crippen LogP contribution in [-0.2, 0) is 4.79 Å². The molecule has 0 aliphatic carbocycles. The predicted octanol–water partition coefficient (Wildman–Crippen LogP) is 2.53. The minimum absolute atomic E-state index is 0. The van der Waals surface area contributed by atoms with E-state index in [2.05, 4.69) is 5.32 Å². The quantitative estimate of drug-likeness (QED) is 0.888. The Morgan fingerprint density at radius 3 is 2.47 bits per heavy atom. The molecule has 0 bridgehead atoms. The van der Waals surface area contributed by atoms with E-state index in [-0.39, 0.29) is 36.8 Å². The van der Waals surface area contributed by atoms with Crippen molar-refractivity contribution in [2.24, 2.45) is 11.7 Å². The molecular weight excluding hydrogens is 259 g/mol. The highest BCUT2D eigenvalue weighted by Gasteiger charge is 2.19. The van der Waals surface area contributed by atoms with Crippen LogP contribution >= 0.6 is 24.0 Å². The highest BCUT2D eigenvalue weighted by molar-refractivity contribution is 6.31. The number of halogens is 2. The Balaban J connectivity index is 0.00000256. The van der Waals surface area contributed by atoms with Gasteiger partial charge in [0.1, 0.15) is 0 Å². The fourth-order valence-corrected chi connectivity index (χ4v) is 1.82. The van der Waals surface area contributed by atoms with Crippen molar-refractivity contribution in [2.75, 3.05) is 6.54 Å². The zero-order valence-electron chi connectivity index (χ0n) is 9.94. The van der Waals surface area contributed by atoms with Crippen LogP contribution < -0.4 is 11.1 Å². The van der Waals surface area contributed by atoms with Gasteiger partial charge in [-0.15, -0.1) is 12.4 Å². The molecule has 0 aliphatic rings. The number of carbonyl (C=O) groups is 1. The molecule has 0 spiro atoms. The summed E-state index contributed by atoms with van der Waals surface area (Å²) in [5.74, 6) is 0.0917. The first-order valence-electron chi connectivity index (χ1n) is 5.30. The standard InChI is InChI=1S/C12H17ClN2O.ClH/c1-8(2)12(15-11(16)7-14)9-5-3-4-6-10(9)13;/h3-6,8,12H,7,14H2,1-2H3,(H,15,16);1H. The van der Waals surface area contributed by atoms with Crippen LogP contribution in [0, 0.1) is 5.92 Å². The number of rotatable bonds is 4. The Morgan fingerprint density at radius 1 is 1.41 bits per heavy atom. The summed E-state index contributed by atoms with van der Waals surface area (Å²) in [4.78, 5) is 11.3. The molecule has 3 nitrogen and oxygen atoms in total. The molecule has 1 amide bonds. The molecule has 1 rings (SSSR count). The average Bonchev–Trinajstić information content (AvgIpc) is 2.26. The molecule has 17 heavy (non-hydrogen) atoms. The van der Waals surface area contributed by atoms with E-state index >= 15 is 0 Å². The molecule has 96 valence electrons. The molecule has 0 heterocycles. The first-order chi connectivity index (χ1) is 7.56. The summed E-state index contributed by atoms with van der Waals surface area (Å²) >= 11 is 6.11. The van der Waals surface area contributed by atoms with Crippen molar-refractivity contribution in [3.63, 3.8) is 0 Å². The average molecular weight is 277 g/mol. The minimum Gasteiger partial charge on any atom is -0.348 e. The zero-order valence-corrected chi connectivity index (χ0v) is 11.5. The number of amides is 1. The lowest BCUT2D eigenvalue weighted by Gasteiger charge is -2.23. The summed E-state index contributed by atoms with van der Waals surface area (Å²) in [6.07, 6.45) is 0. The van der Waals surface area contributed by atoms with Gasteiger partial charge >= 0.3 is 0 Å². The van der Waals surface area contributed by atoms with Crippen molar-refractivity contribution in [2.45, 2.75) is 19.9 Å². The van der Waals surface area contributed by atoms with Crippen LogP contribution in [0.3, 0.4) is 0 Å². The topological polar surface area (TPSA) is 55.1 Å². The van der Waals surface area contributed by atoms with Gasteiger partial charge < -0.3 is 11.1 Å². The van der Waals surface area contributed by atoms with Crippen LogP contribution in [0.15, 0.2) is 24.3 Å². The van der Waals surface area contributed by atoms with Crippen LogP contribution in [0.1, 0.15) is 25.5 Å². The maximum absolute atomic E-state index is 11.3. The number of hydrogen-bond donors (Lipinski definition) is 2. The third-order valence-corrected chi connectivity index (χ3v) is 2.75. The molecule has 1 unspecified atom stereocenters. The third kappa shape index (κ3) is 4.54. The second-order valence-electron chi connectivity index (χ2n) is 4.01. The minimum atomic E-state index is -0.168. The fourth-order valence-electron chi connectivity index (χ4n) is 1.56. The molecule has 3 N–H and O–H groups in total. The summed E-state index contributed by atoms with van der Waals surface area (Å²) in [6, 6.07) is 7.42. The first kappa shape index (κ1) is 16.2. The highest BCUT2D eigenvalue weighted by atomic mass is 35.5. The molecular formula is C12H18Cl2N2O. The molecule has 5 heteroatoms. The fraction of sp³-hybridized carbons (Fsp3) is 0.417. The molecule has 0 aromatic heterocycles. The lowest BCUT2D eigenvalue weighted by Crippen LogP contribution is -2.36. The maximum Gasteiger partial charge on any atom is 0.234 e. The Kier molecular flexibility index (Phi) is 7.19. The van der Waals surface area contributed by atoms with E-state index in [1.807, 2.05) is 38.1 Å². The highest BCUT2D eigenvalue weighted by Crippen LogP contribution is 2.27. The largest absolute Gasteiger partial charge is 0.348 e. The molecule has 1 atom stereocenters. The van der Waals surface area contributed by atoms with Gasteiger partial charge in [0.15, 0.2) is 0 Å². The summed E-state index contributed by atoms with van der Waals surface area (Å²) < 4.78 is 0. The summed E-state index contributed by atoms with van der Waals surface area (Å²) in [6.45, 7) is 4.06. The van der Waals surface area contributed by atoms with Crippen LogP contribution in [-0.4, -0.2) is 12.5 Å². The SMILES string of the molecule is CC(C)C(NC(=O)CN)c1ccccc1Cl.Cl. The van der Waals surface area contributed by atoms with Gasteiger partial charge in [-0.2, -0.15) is 0 Å². The van der Waals surface area contributed by atoms with Crippen LogP contribution in [0.5, 0.6) is 0 Å². The monoisotopic (exact) mass is 276 g/mol. The van der Waals surface area contributed by atoms with E-state index in [1.165, 1.54) is 0 Å². The predicted molar refractivity (Wildman–Crippen MR) is 73.5 cm³/mol. The van der Waals surface area contributed by atoms with Crippen molar-refractivity contribution >= 4 is 29.9 Å². The lowest BCUT2D eigenvalue weighted by atomic mass is 9.96. The maximum atomic E-state index is 11.3. The van der Waals surface area contributed by atoms with Crippen molar-refractivity contribution in [3.8, 4) is 0 Å². The van der Waals surface area contributed by atoms with Gasteiger partial charge in [0, 0.05) is 5.02 Å². The number of carbonyl (C=O) groups excluding carboxylic acids is 1. The van der Waals surface area contributed by atoms with E-state index in [0.29, 0.717) is 5.02 Å². The van der Waals surface area contributed by atoms with Crippen molar-refractivity contribution in [1.29, 1.82) is 0 Å². The Labute approximate surface area is 113 Å². The van der Waals surface area contributed by atoms with Gasteiger partial charge in [0.2, 0.25) is 5.91 Å². The van der Waals surface area contributed by atoms with E-state index in [1.54, 1.807) is 0 Å². The van der Waals surface area contributed by atoms with Gasteiger partial charge in [0.25, 0.3) is 0 Å². The van der Waals surface area contributed by atoms with E-state index < -0.39 is 0 Å². The summed E-state index contributed by atoms with van der Waals surface area (Å²) in [5.41, 5.74) is 6.22. The molecule has 0 radical (unpaired) electrons. The first-order valence-corrected chi connectivity index (χ1v) is 5.68. The number of hydrogen-bond acceptors (Lipinski definition) is 2. The third-order valence-electron chi connectivity index (χ3n) is 2.41. The van der Waals surface area contributed by atoms with Gasteiger partial charge in [-0.3, -0.25) is 4.79 Å². The Hall–Kier alpha value is -0.770. The molecule has 0 saturated carbocycles. The van der Waals surface area contributed by atoms with Crippen molar-refractivity contribution in [1.82, 2.24) is 5.32 Å². The second kappa shape index (κ2) is 7.54. The van der Waals surface area contributed by atoms with E-state index in [0.717, 1.165) is 5.56 Å². The van der Waals surface area contributed by atoms with Crippen LogP contribution in [0.25, 0.3) is 0 Å². The van der Waals surface area contributed by atoms with Crippen LogP contribution in [0.2, 0.25) is 5.02 Å². The number of nitrogens with one attached hydrogen (secondary N) is 1. The van der Waals surface area contributed by atoms with Gasteiger partial charge in [-0.25, -0.2) is 0 Å². The van der Waals surface area contributed by atoms with Gasteiger partial charge in [-0.1, -0.05) is 43.6 Å². The normalized spacial score (nSPS) is 11.8. The van der Waals surface area contributed by atoms with Gasteiger partial charge in [0.05, 0.1) is 12.6 Å². The Bertz CT molecular complexity index is 369. The molecule has 1 aromatic carbocycles. The number of benzene rings is 1. The number of nitrogens with two attached hydrogens (primary N) is 1.